The van der Waals surface area contributed by atoms with E-state index in [1.165, 1.54) is 6.08 Å². The van der Waals surface area contributed by atoms with E-state index < -0.39 is 55.0 Å². The lowest BCUT2D eigenvalue weighted by Gasteiger charge is -2.36. The van der Waals surface area contributed by atoms with Gasteiger partial charge >= 0.3 is 24.4 Å². The molecule has 12 nitrogen and oxygen atoms in total. The molecule has 0 bridgehead atoms. The molecule has 12 heteroatoms. The summed E-state index contributed by atoms with van der Waals surface area (Å²) in [5.41, 5.74) is 6.55. The maximum Gasteiger partial charge on any atom is 0.431 e. The third-order valence-electron chi connectivity index (χ3n) is 4.23. The van der Waals surface area contributed by atoms with E-state index in [-0.39, 0.29) is 0 Å². The van der Waals surface area contributed by atoms with E-state index in [0.717, 1.165) is 21.2 Å². The quantitative estimate of drug-likeness (QED) is 0.153. The summed E-state index contributed by atoms with van der Waals surface area (Å²) < 4.78 is 21.0. The van der Waals surface area contributed by atoms with E-state index in [9.17, 15) is 19.2 Å². The van der Waals surface area contributed by atoms with Crippen molar-refractivity contribution in [2.75, 3.05) is 0 Å². The van der Waals surface area contributed by atoms with E-state index in [0.29, 0.717) is 12.8 Å². The molecule has 0 aromatic carbocycles. The van der Waals surface area contributed by atoms with Gasteiger partial charge in [-0.25, -0.2) is 30.0 Å². The molecule has 0 aliphatic rings. The van der Waals surface area contributed by atoms with Crippen LogP contribution >= 0.6 is 0 Å². The van der Waals surface area contributed by atoms with Crippen molar-refractivity contribution in [2.24, 2.45) is 0 Å². The maximum atomic E-state index is 13.2. The van der Waals surface area contributed by atoms with E-state index in [4.69, 9.17) is 18.9 Å². The number of hydrazine groups is 2. The van der Waals surface area contributed by atoms with Crippen LogP contribution in [0.3, 0.4) is 0 Å². The van der Waals surface area contributed by atoms with Gasteiger partial charge in [-0.05, 0) is 95.1 Å². The highest BCUT2D eigenvalue weighted by atomic mass is 16.6. The Balaban J connectivity index is 6.77. The average molecular weight is 543 g/mol. The van der Waals surface area contributed by atoms with Gasteiger partial charge in [0, 0.05) is 0 Å². The first-order chi connectivity index (χ1) is 17.5. The number of carbonyl (C=O) groups is 4. The van der Waals surface area contributed by atoms with E-state index in [1.54, 1.807) is 62.3 Å². The smallest absolute Gasteiger partial charge is 0.431 e. The maximum absolute atomic E-state index is 13.2. The molecule has 0 saturated heterocycles. The minimum atomic E-state index is -1.42. The SMILES string of the molecule is CC(C)=CCC/C(C)=C\C(N(NC(=O)OC(C)C)C(=O)OC(C)C)N(NC(=O)OC(C)C)C(=O)OC(C)C. The number of ether oxygens (including phenoxy) is 4. The highest BCUT2D eigenvalue weighted by Gasteiger charge is 2.37. The van der Waals surface area contributed by atoms with Crippen molar-refractivity contribution in [1.29, 1.82) is 0 Å². The predicted molar refractivity (Wildman–Crippen MR) is 143 cm³/mol. The Morgan fingerprint density at radius 2 is 1.03 bits per heavy atom. The normalized spacial score (nSPS) is 11.4. The zero-order valence-corrected chi connectivity index (χ0v) is 24.6. The van der Waals surface area contributed by atoms with Gasteiger partial charge in [0.05, 0.1) is 24.4 Å². The second kappa shape index (κ2) is 17.1. The minimum absolute atomic E-state index is 0.501. The molecule has 2 N–H and O–H groups in total. The molecule has 0 aliphatic carbocycles. The van der Waals surface area contributed by atoms with Gasteiger partial charge < -0.3 is 18.9 Å². The average Bonchev–Trinajstić information content (AvgIpc) is 2.72. The second-order valence-corrected chi connectivity index (χ2v) is 9.98. The number of allylic oxidation sites excluding steroid dienone is 3. The molecule has 0 aromatic heterocycles. The van der Waals surface area contributed by atoms with Gasteiger partial charge in [-0.3, -0.25) is 0 Å². The lowest BCUT2D eigenvalue weighted by Crippen LogP contribution is -2.64. The van der Waals surface area contributed by atoms with Crippen molar-refractivity contribution in [1.82, 2.24) is 20.9 Å². The molecule has 0 unspecified atom stereocenters. The fourth-order valence-corrected chi connectivity index (χ4v) is 2.82. The van der Waals surface area contributed by atoms with Crippen LogP contribution < -0.4 is 10.9 Å². The fourth-order valence-electron chi connectivity index (χ4n) is 2.82. The molecule has 38 heavy (non-hydrogen) atoms. The Labute approximate surface area is 226 Å². The van der Waals surface area contributed by atoms with Crippen LogP contribution in [0.4, 0.5) is 19.2 Å². The first kappa shape index (κ1) is 34.6. The van der Waals surface area contributed by atoms with E-state index >= 15 is 0 Å². The molecule has 0 heterocycles. The molecule has 218 valence electrons. The highest BCUT2D eigenvalue weighted by Crippen LogP contribution is 2.16. The summed E-state index contributed by atoms with van der Waals surface area (Å²) in [7, 11) is 0. The third-order valence-corrected chi connectivity index (χ3v) is 4.23. The number of nitrogens with one attached hydrogen (secondary N) is 2. The van der Waals surface area contributed by atoms with Crippen LogP contribution in [-0.2, 0) is 18.9 Å². The van der Waals surface area contributed by atoms with Gasteiger partial charge in [-0.15, -0.1) is 0 Å². The monoisotopic (exact) mass is 542 g/mol. The number of amides is 4. The van der Waals surface area contributed by atoms with Crippen LogP contribution in [0.2, 0.25) is 0 Å². The van der Waals surface area contributed by atoms with Crippen molar-refractivity contribution >= 4 is 24.4 Å². The van der Waals surface area contributed by atoms with Gasteiger partial charge in [0.25, 0.3) is 0 Å². The molecule has 0 aromatic rings. The number of nitrogens with zero attached hydrogens (tertiary/aromatic N) is 2. The van der Waals surface area contributed by atoms with Gasteiger partial charge in [-0.2, -0.15) is 10.0 Å². The lowest BCUT2D eigenvalue weighted by atomic mass is 10.1. The topological polar surface area (TPSA) is 136 Å². The van der Waals surface area contributed by atoms with Crippen molar-refractivity contribution in [2.45, 2.75) is 120 Å². The summed E-state index contributed by atoms with van der Waals surface area (Å²) in [4.78, 5) is 51.5. The molecule has 0 saturated carbocycles. The fraction of sp³-hybridized carbons (Fsp3) is 0.692. The molecule has 0 spiro atoms. The summed E-state index contributed by atoms with van der Waals surface area (Å²) >= 11 is 0. The van der Waals surface area contributed by atoms with Crippen molar-refractivity contribution in [3.05, 3.63) is 23.3 Å². The van der Waals surface area contributed by atoms with Crippen LogP contribution in [-0.4, -0.2) is 65.0 Å². The van der Waals surface area contributed by atoms with Crippen LogP contribution in [0.15, 0.2) is 23.3 Å². The predicted octanol–water partition coefficient (Wildman–Crippen LogP) is 5.80. The van der Waals surface area contributed by atoms with Crippen LogP contribution in [0.25, 0.3) is 0 Å². The first-order valence-corrected chi connectivity index (χ1v) is 12.8. The van der Waals surface area contributed by atoms with Gasteiger partial charge in [0.1, 0.15) is 0 Å². The Bertz CT molecular complexity index is 798. The zero-order valence-electron chi connectivity index (χ0n) is 24.6. The van der Waals surface area contributed by atoms with E-state index in [1.807, 2.05) is 19.9 Å². The molecular formula is C26H46N4O8. The van der Waals surface area contributed by atoms with Crippen molar-refractivity contribution in [3.63, 3.8) is 0 Å². The number of rotatable bonds is 10. The van der Waals surface area contributed by atoms with Crippen LogP contribution in [0.1, 0.15) is 89.0 Å². The Morgan fingerprint density at radius 3 is 1.34 bits per heavy atom. The molecule has 4 amide bonds. The van der Waals surface area contributed by atoms with Gasteiger partial charge in [0.2, 0.25) is 0 Å². The first-order valence-electron chi connectivity index (χ1n) is 12.8. The third kappa shape index (κ3) is 15.0. The summed E-state index contributed by atoms with van der Waals surface area (Å²) in [6.45, 7) is 18.8. The van der Waals surface area contributed by atoms with Crippen molar-refractivity contribution < 1.29 is 38.1 Å². The zero-order chi connectivity index (χ0) is 29.6. The summed E-state index contributed by atoms with van der Waals surface area (Å²) in [5.74, 6) is 0. The Kier molecular flexibility index (Phi) is 15.6. The molecule has 0 fully saturated rings. The number of hydrogen-bond donors (Lipinski definition) is 2. The highest BCUT2D eigenvalue weighted by molar-refractivity contribution is 5.77. The summed E-state index contributed by atoms with van der Waals surface area (Å²) in [6.07, 6.45) is -2.66. The van der Waals surface area contributed by atoms with Crippen molar-refractivity contribution in [3.8, 4) is 0 Å². The second-order valence-electron chi connectivity index (χ2n) is 9.98. The largest absolute Gasteiger partial charge is 0.446 e. The summed E-state index contributed by atoms with van der Waals surface area (Å²) in [6, 6.07) is 0. The molecule has 0 aliphatic heterocycles. The van der Waals surface area contributed by atoms with E-state index in [2.05, 4.69) is 10.9 Å². The van der Waals surface area contributed by atoms with Crippen LogP contribution in [0.5, 0.6) is 0 Å². The van der Waals surface area contributed by atoms with Gasteiger partial charge in [0.15, 0.2) is 6.17 Å². The number of carbonyl (C=O) groups excluding carboxylic acids is 4. The number of hydrogen-bond acceptors (Lipinski definition) is 8. The summed E-state index contributed by atoms with van der Waals surface area (Å²) in [5, 5.41) is 1.51. The van der Waals surface area contributed by atoms with Gasteiger partial charge in [-0.1, -0.05) is 17.2 Å². The standard InChI is InChI=1S/C26H46N4O8/c1-16(2)13-12-14-21(11)15-22(29(25(33)37-19(7)8)27-23(31)35-17(3)4)30(26(34)38-20(9)10)28-24(32)36-18(5)6/h13,15,17-20,22H,12,14H2,1-11H3,(H,27,31)(H,28,32)/b21-15-. The van der Waals surface area contributed by atoms with Crippen LogP contribution in [0, 0.1) is 0 Å². The molecule has 0 radical (unpaired) electrons. The Morgan fingerprint density at radius 1 is 0.658 bits per heavy atom. The molecule has 0 rings (SSSR count). The molecule has 0 atom stereocenters. The minimum Gasteiger partial charge on any atom is -0.446 e. The Hall–Kier alpha value is -3.44. The molecular weight excluding hydrogens is 496 g/mol. The lowest BCUT2D eigenvalue weighted by molar-refractivity contribution is -0.0212.